The van der Waals surface area contributed by atoms with Crippen molar-refractivity contribution in [3.63, 3.8) is 0 Å². The zero-order valence-electron chi connectivity index (χ0n) is 11.4. The summed E-state index contributed by atoms with van der Waals surface area (Å²) in [6, 6.07) is 6.81. The number of anilines is 1. The first kappa shape index (κ1) is 19.1. The molecule has 1 aromatic carbocycles. The van der Waals surface area contributed by atoms with Gasteiger partial charge in [0.25, 0.3) is 0 Å². The second kappa shape index (κ2) is 9.15. The molecule has 0 radical (unpaired) electrons. The minimum atomic E-state index is -0.592. The fraction of sp³-hybridized carbons (Fsp3) is 0.385. The largest absolute Gasteiger partial charge is 0.346 e. The predicted molar refractivity (Wildman–Crippen MR) is 90.9 cm³/mol. The Balaban J connectivity index is 0.00000361. The van der Waals surface area contributed by atoms with E-state index in [0.717, 1.165) is 3.57 Å². The highest BCUT2D eigenvalue weighted by molar-refractivity contribution is 14.1. The number of nitrogens with one attached hydrogen (secondary N) is 2. The van der Waals surface area contributed by atoms with Crippen LogP contribution in [0.4, 0.5) is 5.69 Å². The first-order valence-corrected chi connectivity index (χ1v) is 7.06. The third kappa shape index (κ3) is 6.53. The van der Waals surface area contributed by atoms with Gasteiger partial charge in [-0.3, -0.25) is 9.59 Å². The lowest BCUT2D eigenvalue weighted by atomic mass is 10.1. The number of hydrogen-bond acceptors (Lipinski definition) is 3. The molecule has 1 rings (SSSR count). The Morgan fingerprint density at radius 2 is 1.80 bits per heavy atom. The normalized spacial score (nSPS) is 11.4. The Bertz CT molecular complexity index is 451. The topological polar surface area (TPSA) is 84.2 Å². The third-order valence-corrected chi connectivity index (χ3v) is 3.29. The Labute approximate surface area is 138 Å². The van der Waals surface area contributed by atoms with Crippen LogP contribution in [-0.4, -0.2) is 24.4 Å². The van der Waals surface area contributed by atoms with Crippen LogP contribution in [0.5, 0.6) is 0 Å². The Hall–Kier alpha value is -0.860. The lowest BCUT2D eigenvalue weighted by molar-refractivity contribution is -0.125. The van der Waals surface area contributed by atoms with E-state index in [1.54, 1.807) is 12.1 Å². The predicted octanol–water partition coefficient (Wildman–Crippen LogP) is 1.75. The second-order valence-corrected chi connectivity index (χ2v) is 5.79. The van der Waals surface area contributed by atoms with Gasteiger partial charge in [0.05, 0.1) is 12.6 Å². The Morgan fingerprint density at radius 3 is 2.30 bits per heavy atom. The molecule has 0 aliphatic carbocycles. The van der Waals surface area contributed by atoms with Crippen LogP contribution in [0, 0.1) is 9.49 Å². The molecule has 20 heavy (non-hydrogen) atoms. The highest BCUT2D eigenvalue weighted by Gasteiger charge is 2.17. The van der Waals surface area contributed by atoms with Crippen molar-refractivity contribution in [3.8, 4) is 0 Å². The third-order valence-electron chi connectivity index (χ3n) is 2.57. The summed E-state index contributed by atoms with van der Waals surface area (Å²) in [6.45, 7) is 3.64. The number of carbonyl (C=O) groups excluding carboxylic acids is 2. The van der Waals surface area contributed by atoms with Gasteiger partial charge >= 0.3 is 0 Å². The van der Waals surface area contributed by atoms with Crippen LogP contribution in [0.15, 0.2) is 24.3 Å². The number of benzene rings is 1. The molecular weight excluding hydrogens is 393 g/mol. The van der Waals surface area contributed by atoms with Crippen LogP contribution in [-0.2, 0) is 9.59 Å². The Kier molecular flexibility index (Phi) is 8.75. The van der Waals surface area contributed by atoms with Gasteiger partial charge in [0.1, 0.15) is 0 Å². The zero-order chi connectivity index (χ0) is 14.4. The first-order valence-electron chi connectivity index (χ1n) is 5.99. The van der Waals surface area contributed by atoms with Gasteiger partial charge in [-0.1, -0.05) is 13.8 Å². The van der Waals surface area contributed by atoms with Gasteiger partial charge in [-0.2, -0.15) is 0 Å². The maximum absolute atomic E-state index is 11.6. The number of amides is 2. The molecule has 0 heterocycles. The lowest BCUT2D eigenvalue weighted by Crippen LogP contribution is -2.46. The fourth-order valence-electron chi connectivity index (χ4n) is 1.33. The van der Waals surface area contributed by atoms with E-state index in [1.807, 2.05) is 26.0 Å². The van der Waals surface area contributed by atoms with Gasteiger partial charge in [0, 0.05) is 9.26 Å². The van der Waals surface area contributed by atoms with Crippen LogP contribution in [0.1, 0.15) is 13.8 Å². The van der Waals surface area contributed by atoms with Crippen molar-refractivity contribution in [2.45, 2.75) is 19.9 Å². The van der Waals surface area contributed by atoms with E-state index in [9.17, 15) is 9.59 Å². The van der Waals surface area contributed by atoms with Crippen LogP contribution in [0.2, 0.25) is 0 Å². The van der Waals surface area contributed by atoms with E-state index in [1.165, 1.54) is 0 Å². The molecule has 0 aliphatic rings. The summed E-state index contributed by atoms with van der Waals surface area (Å²) in [5, 5.41) is 5.21. The Morgan fingerprint density at radius 1 is 1.25 bits per heavy atom. The molecule has 7 heteroatoms. The van der Waals surface area contributed by atoms with Gasteiger partial charge < -0.3 is 16.4 Å². The number of halogens is 2. The van der Waals surface area contributed by atoms with Crippen LogP contribution in [0.25, 0.3) is 0 Å². The molecule has 0 saturated heterocycles. The number of nitrogens with two attached hydrogens (primary N) is 1. The summed E-state index contributed by atoms with van der Waals surface area (Å²) in [6.07, 6.45) is 0. The average molecular weight is 412 g/mol. The summed E-state index contributed by atoms with van der Waals surface area (Å²) < 4.78 is 1.09. The van der Waals surface area contributed by atoms with E-state index >= 15 is 0 Å². The van der Waals surface area contributed by atoms with Crippen molar-refractivity contribution in [2.75, 3.05) is 11.9 Å². The maximum atomic E-state index is 11.6. The van der Waals surface area contributed by atoms with Crippen LogP contribution < -0.4 is 16.4 Å². The first-order chi connectivity index (χ1) is 8.90. The van der Waals surface area contributed by atoms with E-state index < -0.39 is 6.04 Å². The fourth-order valence-corrected chi connectivity index (χ4v) is 1.69. The zero-order valence-corrected chi connectivity index (χ0v) is 14.3. The summed E-state index contributed by atoms with van der Waals surface area (Å²) in [5.74, 6) is -0.544. The van der Waals surface area contributed by atoms with Crippen molar-refractivity contribution in [3.05, 3.63) is 27.8 Å². The average Bonchev–Trinajstić information content (AvgIpc) is 2.37. The lowest BCUT2D eigenvalue weighted by Gasteiger charge is -2.15. The molecule has 112 valence electrons. The summed E-state index contributed by atoms with van der Waals surface area (Å²) in [7, 11) is 0. The molecule has 2 amide bonds. The van der Waals surface area contributed by atoms with Crippen molar-refractivity contribution in [2.24, 2.45) is 11.7 Å². The number of hydrogen-bond donors (Lipinski definition) is 3. The number of carbonyl (C=O) groups is 2. The quantitative estimate of drug-likeness (QED) is 0.646. The molecule has 4 N–H and O–H groups in total. The molecule has 1 atom stereocenters. The smallest absolute Gasteiger partial charge is 0.243 e. The molecule has 0 saturated carbocycles. The van der Waals surface area contributed by atoms with Crippen LogP contribution in [0.3, 0.4) is 0 Å². The molecule has 0 spiro atoms. The van der Waals surface area contributed by atoms with E-state index in [2.05, 4.69) is 33.2 Å². The molecule has 5 nitrogen and oxygen atoms in total. The van der Waals surface area contributed by atoms with Gasteiger partial charge in [-0.05, 0) is 52.8 Å². The number of rotatable bonds is 5. The van der Waals surface area contributed by atoms with Crippen molar-refractivity contribution >= 4 is 52.5 Å². The van der Waals surface area contributed by atoms with E-state index in [0.29, 0.717) is 5.69 Å². The molecule has 0 aliphatic heterocycles. The van der Waals surface area contributed by atoms with Crippen molar-refractivity contribution < 1.29 is 9.59 Å². The minimum absolute atomic E-state index is 0. The van der Waals surface area contributed by atoms with E-state index in [4.69, 9.17) is 5.73 Å². The highest BCUT2D eigenvalue weighted by atomic mass is 127. The second-order valence-electron chi connectivity index (χ2n) is 4.54. The molecule has 0 fully saturated rings. The van der Waals surface area contributed by atoms with Gasteiger partial charge in [0.2, 0.25) is 11.8 Å². The summed E-state index contributed by atoms with van der Waals surface area (Å²) in [5.41, 5.74) is 6.37. The minimum Gasteiger partial charge on any atom is -0.346 e. The standard InChI is InChI=1S/C13H18IN3O2.ClH/c1-8(2)12(15)13(19)16-7-11(18)17-10-5-3-9(14)4-6-10;/h3-6,8,12H,7,15H2,1-2H3,(H,16,19)(H,17,18);1H/t12-;/m0./s1. The SMILES string of the molecule is CC(C)[C@H](N)C(=O)NCC(=O)Nc1ccc(I)cc1.Cl. The summed E-state index contributed by atoms with van der Waals surface area (Å²) in [4.78, 5) is 23.2. The van der Waals surface area contributed by atoms with Gasteiger partial charge in [0.15, 0.2) is 0 Å². The molecule has 1 aromatic rings. The van der Waals surface area contributed by atoms with Crippen molar-refractivity contribution in [1.29, 1.82) is 0 Å². The van der Waals surface area contributed by atoms with E-state index in [-0.39, 0.29) is 36.7 Å². The molecule has 0 unspecified atom stereocenters. The van der Waals surface area contributed by atoms with Crippen molar-refractivity contribution in [1.82, 2.24) is 5.32 Å². The monoisotopic (exact) mass is 411 g/mol. The maximum Gasteiger partial charge on any atom is 0.243 e. The molecule has 0 bridgehead atoms. The van der Waals surface area contributed by atoms with Gasteiger partial charge in [-0.15, -0.1) is 12.4 Å². The van der Waals surface area contributed by atoms with Crippen LogP contribution >= 0.6 is 35.0 Å². The highest BCUT2D eigenvalue weighted by Crippen LogP contribution is 2.10. The molecular formula is C13H19ClIN3O2. The molecule has 0 aromatic heterocycles. The van der Waals surface area contributed by atoms with Gasteiger partial charge in [-0.25, -0.2) is 0 Å². The summed E-state index contributed by atoms with van der Waals surface area (Å²) >= 11 is 2.19.